The molecule has 24 heavy (non-hydrogen) atoms. The molecule has 128 valence electrons. The summed E-state index contributed by atoms with van der Waals surface area (Å²) in [6.07, 6.45) is 1.08. The summed E-state index contributed by atoms with van der Waals surface area (Å²) in [5, 5.41) is 0. The summed E-state index contributed by atoms with van der Waals surface area (Å²) in [4.78, 5) is 0. The Morgan fingerprint density at radius 2 is 1.46 bits per heavy atom. The van der Waals surface area contributed by atoms with Crippen molar-refractivity contribution in [2.24, 2.45) is 0 Å². The van der Waals surface area contributed by atoms with Crippen LogP contribution in [0.4, 0.5) is 0 Å². The molecule has 3 nitrogen and oxygen atoms in total. The zero-order chi connectivity index (χ0) is 16.8. The zero-order valence-corrected chi connectivity index (χ0v) is 14.5. The molecule has 1 heterocycles. The fraction of sp³-hybridized carbons (Fsp3) is 0.429. The average Bonchev–Trinajstić information content (AvgIpc) is 3.04. The van der Waals surface area contributed by atoms with Crippen molar-refractivity contribution in [3.63, 3.8) is 0 Å². The monoisotopic (exact) mass is 326 g/mol. The van der Waals surface area contributed by atoms with E-state index in [9.17, 15) is 0 Å². The van der Waals surface area contributed by atoms with Crippen molar-refractivity contribution in [2.75, 3.05) is 13.2 Å². The molecule has 0 radical (unpaired) electrons. The molecule has 2 aromatic carbocycles. The Balaban J connectivity index is 1.43. The highest BCUT2D eigenvalue weighted by atomic mass is 16.6. The molecule has 1 aliphatic rings. The van der Waals surface area contributed by atoms with Crippen LogP contribution in [-0.2, 0) is 27.4 Å². The molecule has 1 fully saturated rings. The van der Waals surface area contributed by atoms with Crippen molar-refractivity contribution in [3.05, 3.63) is 70.8 Å². The molecule has 2 atom stereocenters. The Morgan fingerprint density at radius 1 is 0.875 bits per heavy atom. The summed E-state index contributed by atoms with van der Waals surface area (Å²) in [6.45, 7) is 6.75. The smallest absolute Gasteiger partial charge is 0.107 e. The van der Waals surface area contributed by atoms with Crippen molar-refractivity contribution < 1.29 is 14.2 Å². The van der Waals surface area contributed by atoms with Crippen LogP contribution in [0.1, 0.15) is 28.7 Å². The van der Waals surface area contributed by atoms with Crippen molar-refractivity contribution in [2.45, 2.75) is 45.7 Å². The molecule has 0 aromatic heterocycles. The van der Waals surface area contributed by atoms with E-state index in [1.54, 1.807) is 0 Å². The Morgan fingerprint density at radius 3 is 2.08 bits per heavy atom. The topological polar surface area (TPSA) is 27.7 Å². The van der Waals surface area contributed by atoms with Gasteiger partial charge in [-0.25, -0.2) is 0 Å². The summed E-state index contributed by atoms with van der Waals surface area (Å²) in [5.41, 5.74) is 4.93. The summed E-state index contributed by atoms with van der Waals surface area (Å²) in [6, 6.07) is 16.9. The second-order valence-electron chi connectivity index (χ2n) is 6.53. The highest BCUT2D eigenvalue weighted by Crippen LogP contribution is 2.20. The van der Waals surface area contributed by atoms with Crippen LogP contribution in [-0.4, -0.2) is 25.4 Å². The van der Waals surface area contributed by atoms with E-state index < -0.39 is 0 Å². The highest BCUT2D eigenvalue weighted by molar-refractivity contribution is 5.21. The lowest BCUT2D eigenvalue weighted by Gasteiger charge is -2.19. The van der Waals surface area contributed by atoms with E-state index in [-0.39, 0.29) is 12.2 Å². The quantitative estimate of drug-likeness (QED) is 0.763. The van der Waals surface area contributed by atoms with E-state index in [1.165, 1.54) is 22.3 Å². The minimum absolute atomic E-state index is 0.0286. The molecule has 0 bridgehead atoms. The second-order valence-corrected chi connectivity index (χ2v) is 6.53. The predicted molar refractivity (Wildman–Crippen MR) is 94.9 cm³/mol. The second kappa shape index (κ2) is 8.43. The predicted octanol–water partition coefficient (Wildman–Crippen LogP) is 4.19. The third-order valence-corrected chi connectivity index (χ3v) is 4.41. The van der Waals surface area contributed by atoms with E-state index in [2.05, 4.69) is 62.4 Å². The summed E-state index contributed by atoms with van der Waals surface area (Å²) in [5.74, 6) is 0. The van der Waals surface area contributed by atoms with Crippen LogP contribution in [0.2, 0.25) is 0 Å². The molecule has 0 saturated carbocycles. The zero-order valence-electron chi connectivity index (χ0n) is 14.5. The van der Waals surface area contributed by atoms with Gasteiger partial charge in [0.1, 0.15) is 6.10 Å². The average molecular weight is 326 g/mol. The number of aryl methyl sites for hydroxylation is 2. The summed E-state index contributed by atoms with van der Waals surface area (Å²) < 4.78 is 17.7. The third-order valence-electron chi connectivity index (χ3n) is 4.41. The minimum Gasteiger partial charge on any atom is -0.374 e. The molecule has 3 heteroatoms. The standard InChI is InChI=1S/C21H26O3/c1-16-3-7-18(8-4-16)13-22-15-21-20(11-12-23-21)24-14-19-9-5-17(2)6-10-19/h3-10,20-21H,11-15H2,1-2H3. The van der Waals surface area contributed by atoms with Crippen LogP contribution in [0.3, 0.4) is 0 Å². The number of ether oxygens (including phenoxy) is 3. The van der Waals surface area contributed by atoms with Gasteiger partial charge >= 0.3 is 0 Å². The molecular formula is C21H26O3. The summed E-state index contributed by atoms with van der Waals surface area (Å²) in [7, 11) is 0. The Labute approximate surface area is 144 Å². The van der Waals surface area contributed by atoms with E-state index in [1.807, 2.05) is 0 Å². The van der Waals surface area contributed by atoms with E-state index >= 15 is 0 Å². The van der Waals surface area contributed by atoms with Gasteiger partial charge in [0.2, 0.25) is 0 Å². The van der Waals surface area contributed by atoms with Crippen LogP contribution in [0.15, 0.2) is 48.5 Å². The molecule has 0 spiro atoms. The largest absolute Gasteiger partial charge is 0.374 e. The number of benzene rings is 2. The van der Waals surface area contributed by atoms with Gasteiger partial charge in [0.25, 0.3) is 0 Å². The molecule has 0 aliphatic carbocycles. The maximum absolute atomic E-state index is 6.05. The summed E-state index contributed by atoms with van der Waals surface area (Å²) >= 11 is 0. The molecule has 1 aliphatic heterocycles. The van der Waals surface area contributed by atoms with Crippen molar-refractivity contribution in [1.29, 1.82) is 0 Å². The molecule has 2 unspecified atom stereocenters. The fourth-order valence-corrected chi connectivity index (χ4v) is 2.84. The molecular weight excluding hydrogens is 300 g/mol. The van der Waals surface area contributed by atoms with Crippen LogP contribution >= 0.6 is 0 Å². The number of hydrogen-bond donors (Lipinski definition) is 0. The van der Waals surface area contributed by atoms with E-state index in [4.69, 9.17) is 14.2 Å². The lowest BCUT2D eigenvalue weighted by Crippen LogP contribution is -2.29. The first-order valence-corrected chi connectivity index (χ1v) is 8.63. The first kappa shape index (κ1) is 17.2. The lowest BCUT2D eigenvalue weighted by atomic mass is 10.1. The maximum Gasteiger partial charge on any atom is 0.107 e. The third kappa shape index (κ3) is 4.91. The van der Waals surface area contributed by atoms with Gasteiger partial charge in [-0.2, -0.15) is 0 Å². The van der Waals surface area contributed by atoms with Crippen LogP contribution in [0.25, 0.3) is 0 Å². The fourth-order valence-electron chi connectivity index (χ4n) is 2.84. The first-order valence-electron chi connectivity index (χ1n) is 8.63. The Kier molecular flexibility index (Phi) is 6.02. The molecule has 3 rings (SSSR count). The van der Waals surface area contributed by atoms with E-state index in [0.717, 1.165) is 13.0 Å². The van der Waals surface area contributed by atoms with Gasteiger partial charge in [-0.1, -0.05) is 59.7 Å². The van der Waals surface area contributed by atoms with Crippen LogP contribution < -0.4 is 0 Å². The SMILES string of the molecule is Cc1ccc(COCC2OCCC2OCc2ccc(C)cc2)cc1. The highest BCUT2D eigenvalue weighted by Gasteiger charge is 2.29. The van der Waals surface area contributed by atoms with Gasteiger partial charge in [0.05, 0.1) is 25.9 Å². The van der Waals surface area contributed by atoms with Crippen molar-refractivity contribution in [3.8, 4) is 0 Å². The van der Waals surface area contributed by atoms with Gasteiger partial charge in [-0.15, -0.1) is 0 Å². The number of rotatable bonds is 7. The van der Waals surface area contributed by atoms with Crippen molar-refractivity contribution in [1.82, 2.24) is 0 Å². The van der Waals surface area contributed by atoms with E-state index in [0.29, 0.717) is 19.8 Å². The minimum atomic E-state index is 0.0286. The normalized spacial score (nSPS) is 20.4. The van der Waals surface area contributed by atoms with Crippen LogP contribution in [0, 0.1) is 13.8 Å². The molecule has 0 amide bonds. The number of hydrogen-bond acceptors (Lipinski definition) is 3. The van der Waals surface area contributed by atoms with Crippen molar-refractivity contribution >= 4 is 0 Å². The Hall–Kier alpha value is -1.68. The molecule has 2 aromatic rings. The van der Waals surface area contributed by atoms with Gasteiger partial charge in [-0.05, 0) is 31.4 Å². The van der Waals surface area contributed by atoms with Gasteiger partial charge < -0.3 is 14.2 Å². The Bertz CT molecular complexity index is 619. The van der Waals surface area contributed by atoms with Gasteiger partial charge in [-0.3, -0.25) is 0 Å². The van der Waals surface area contributed by atoms with Gasteiger partial charge in [0.15, 0.2) is 0 Å². The van der Waals surface area contributed by atoms with Crippen LogP contribution in [0.5, 0.6) is 0 Å². The molecule has 1 saturated heterocycles. The first-order chi connectivity index (χ1) is 11.7. The maximum atomic E-state index is 6.05. The molecule has 0 N–H and O–H groups in total. The lowest BCUT2D eigenvalue weighted by molar-refractivity contribution is -0.0595. The van der Waals surface area contributed by atoms with Gasteiger partial charge in [0, 0.05) is 6.61 Å².